The normalized spacial score (nSPS) is 14.4. The Labute approximate surface area is 109 Å². The molecule has 1 aliphatic carbocycles. The van der Waals surface area contributed by atoms with Crippen LogP contribution in [0.15, 0.2) is 18.2 Å². The number of carboxylic acid groups (broad SMARTS) is 1. The lowest BCUT2D eigenvalue weighted by atomic mass is 10.1. The maximum Gasteiger partial charge on any atom is 0.335 e. The molecule has 0 radical (unpaired) electrons. The molecule has 19 heavy (non-hydrogen) atoms. The lowest BCUT2D eigenvalue weighted by molar-refractivity contribution is 0.0696. The molecule has 0 bridgehead atoms. The number of rotatable bonds is 4. The second kappa shape index (κ2) is 4.38. The number of ether oxygens (including phenoxy) is 2. The molecule has 0 atom stereocenters. The number of benzene rings is 1. The smallest absolute Gasteiger partial charge is 0.335 e. The van der Waals surface area contributed by atoms with Gasteiger partial charge in [-0.2, -0.15) is 0 Å². The van der Waals surface area contributed by atoms with Crippen molar-refractivity contribution in [3.8, 4) is 11.6 Å². The van der Waals surface area contributed by atoms with Crippen LogP contribution in [-0.2, 0) is 0 Å². The Kier molecular flexibility index (Phi) is 2.70. The number of fused-ring (bicyclic) bond motifs is 1. The van der Waals surface area contributed by atoms with Crippen LogP contribution in [0.2, 0.25) is 0 Å². The van der Waals surface area contributed by atoms with Crippen LogP contribution in [0.5, 0.6) is 11.6 Å². The van der Waals surface area contributed by atoms with Crippen LogP contribution in [0.1, 0.15) is 23.2 Å². The van der Waals surface area contributed by atoms with Gasteiger partial charge in [0.2, 0.25) is 5.88 Å². The number of aromatic nitrogens is 2. The Bertz CT molecular complexity index is 652. The highest BCUT2D eigenvalue weighted by Crippen LogP contribution is 2.32. The third kappa shape index (κ3) is 2.29. The number of nitrogens with zero attached hydrogens (tertiary/aromatic N) is 2. The van der Waals surface area contributed by atoms with Crippen LogP contribution < -0.4 is 9.47 Å². The van der Waals surface area contributed by atoms with Crippen LogP contribution in [0.4, 0.5) is 0 Å². The molecule has 1 fully saturated rings. The first-order valence-corrected chi connectivity index (χ1v) is 5.93. The van der Waals surface area contributed by atoms with E-state index >= 15 is 0 Å². The fourth-order valence-corrected chi connectivity index (χ4v) is 1.79. The average Bonchev–Trinajstić information content (AvgIpc) is 3.21. The van der Waals surface area contributed by atoms with Crippen molar-refractivity contribution in [3.63, 3.8) is 0 Å². The monoisotopic (exact) mass is 260 g/mol. The molecule has 2 aromatic rings. The molecule has 6 nitrogen and oxygen atoms in total. The van der Waals surface area contributed by atoms with Crippen molar-refractivity contribution >= 4 is 16.9 Å². The topological polar surface area (TPSA) is 81.5 Å². The molecule has 1 N–H and O–H groups in total. The van der Waals surface area contributed by atoms with Gasteiger partial charge in [0, 0.05) is 11.5 Å². The minimum atomic E-state index is -1.00. The van der Waals surface area contributed by atoms with E-state index in [-0.39, 0.29) is 11.7 Å². The van der Waals surface area contributed by atoms with Gasteiger partial charge in [0.1, 0.15) is 11.3 Å². The van der Waals surface area contributed by atoms with Crippen LogP contribution in [-0.4, -0.2) is 34.5 Å². The van der Waals surface area contributed by atoms with Crippen LogP contribution in [0.25, 0.3) is 10.9 Å². The van der Waals surface area contributed by atoms with Gasteiger partial charge in [-0.25, -0.2) is 4.79 Å². The van der Waals surface area contributed by atoms with Crippen molar-refractivity contribution in [2.75, 3.05) is 7.11 Å². The quantitative estimate of drug-likeness (QED) is 0.903. The van der Waals surface area contributed by atoms with E-state index in [0.29, 0.717) is 22.5 Å². The van der Waals surface area contributed by atoms with Gasteiger partial charge in [-0.1, -0.05) is 0 Å². The average molecular weight is 260 g/mol. The third-order valence-electron chi connectivity index (χ3n) is 2.91. The van der Waals surface area contributed by atoms with Crippen molar-refractivity contribution < 1.29 is 19.4 Å². The van der Waals surface area contributed by atoms with E-state index in [1.165, 1.54) is 19.2 Å². The molecule has 1 aromatic heterocycles. The fraction of sp³-hybridized carbons (Fsp3) is 0.308. The van der Waals surface area contributed by atoms with Crippen molar-refractivity contribution in [2.45, 2.75) is 18.9 Å². The number of methoxy groups -OCH3 is 1. The number of hydrogen-bond acceptors (Lipinski definition) is 5. The Morgan fingerprint density at radius 1 is 1.32 bits per heavy atom. The molecular formula is C13H12N2O4. The minimum Gasteiger partial charge on any atom is -0.488 e. The fourth-order valence-electron chi connectivity index (χ4n) is 1.79. The second-order valence-corrected chi connectivity index (χ2v) is 4.42. The van der Waals surface area contributed by atoms with Gasteiger partial charge in [-0.05, 0) is 25.0 Å². The van der Waals surface area contributed by atoms with Crippen LogP contribution in [0.3, 0.4) is 0 Å². The summed E-state index contributed by atoms with van der Waals surface area (Å²) < 4.78 is 10.7. The molecule has 0 amide bonds. The summed E-state index contributed by atoms with van der Waals surface area (Å²) in [5, 5.41) is 17.7. The van der Waals surface area contributed by atoms with Crippen molar-refractivity contribution in [3.05, 3.63) is 23.8 Å². The SMILES string of the molecule is COc1cc2cc(C(=O)O)cc(OC3CC3)c2nn1. The largest absolute Gasteiger partial charge is 0.488 e. The number of hydrogen-bond donors (Lipinski definition) is 1. The molecule has 0 unspecified atom stereocenters. The summed E-state index contributed by atoms with van der Waals surface area (Å²) >= 11 is 0. The van der Waals surface area contributed by atoms with Gasteiger partial charge in [0.15, 0.2) is 0 Å². The molecule has 1 aliphatic rings. The molecule has 0 aliphatic heterocycles. The van der Waals surface area contributed by atoms with E-state index < -0.39 is 5.97 Å². The molecule has 1 heterocycles. The van der Waals surface area contributed by atoms with E-state index in [4.69, 9.17) is 14.6 Å². The van der Waals surface area contributed by atoms with E-state index in [1.807, 2.05) is 0 Å². The summed E-state index contributed by atoms with van der Waals surface area (Å²) in [7, 11) is 1.48. The molecule has 1 aromatic carbocycles. The number of carbonyl (C=O) groups is 1. The maximum absolute atomic E-state index is 11.1. The Hall–Kier alpha value is -2.37. The summed E-state index contributed by atoms with van der Waals surface area (Å²) in [5.41, 5.74) is 0.718. The number of carboxylic acids is 1. The lowest BCUT2D eigenvalue weighted by Crippen LogP contribution is -2.03. The predicted octanol–water partition coefficient (Wildman–Crippen LogP) is 1.88. The van der Waals surface area contributed by atoms with Gasteiger partial charge in [-0.15, -0.1) is 10.2 Å². The van der Waals surface area contributed by atoms with E-state index in [1.54, 1.807) is 6.07 Å². The predicted molar refractivity (Wildman–Crippen MR) is 66.7 cm³/mol. The molecular weight excluding hydrogens is 248 g/mol. The molecule has 6 heteroatoms. The maximum atomic E-state index is 11.1. The molecule has 3 rings (SSSR count). The van der Waals surface area contributed by atoms with Crippen molar-refractivity contribution in [1.29, 1.82) is 0 Å². The van der Waals surface area contributed by atoms with Gasteiger partial charge >= 0.3 is 5.97 Å². The number of aromatic carboxylic acids is 1. The first-order valence-electron chi connectivity index (χ1n) is 5.93. The molecule has 0 saturated heterocycles. The summed E-state index contributed by atoms with van der Waals surface area (Å²) in [6, 6.07) is 4.67. The lowest BCUT2D eigenvalue weighted by Gasteiger charge is -2.09. The summed E-state index contributed by atoms with van der Waals surface area (Å²) in [6.45, 7) is 0. The van der Waals surface area contributed by atoms with Crippen LogP contribution in [0, 0.1) is 0 Å². The third-order valence-corrected chi connectivity index (χ3v) is 2.91. The first kappa shape index (κ1) is 11.7. The Morgan fingerprint density at radius 2 is 2.11 bits per heavy atom. The molecule has 98 valence electrons. The van der Waals surface area contributed by atoms with Gasteiger partial charge in [-0.3, -0.25) is 0 Å². The van der Waals surface area contributed by atoms with Gasteiger partial charge < -0.3 is 14.6 Å². The zero-order chi connectivity index (χ0) is 13.4. The standard InChI is InChI=1S/C13H12N2O4/c1-18-11-6-7-4-8(13(16)17)5-10(12(7)15-14-11)19-9-2-3-9/h4-6,9H,2-3H2,1H3,(H,16,17). The summed E-state index contributed by atoms with van der Waals surface area (Å²) in [6.07, 6.45) is 2.14. The van der Waals surface area contributed by atoms with Gasteiger partial charge in [0.05, 0.1) is 18.8 Å². The highest BCUT2D eigenvalue weighted by molar-refractivity contribution is 5.96. The molecule has 1 saturated carbocycles. The Balaban J connectivity index is 2.16. The van der Waals surface area contributed by atoms with Crippen LogP contribution >= 0.6 is 0 Å². The molecule has 0 spiro atoms. The highest BCUT2D eigenvalue weighted by Gasteiger charge is 2.25. The van der Waals surface area contributed by atoms with E-state index in [2.05, 4.69) is 10.2 Å². The van der Waals surface area contributed by atoms with Gasteiger partial charge in [0.25, 0.3) is 0 Å². The first-order chi connectivity index (χ1) is 9.17. The van der Waals surface area contributed by atoms with E-state index in [9.17, 15) is 4.79 Å². The Morgan fingerprint density at radius 3 is 2.74 bits per heavy atom. The summed E-state index contributed by atoms with van der Waals surface area (Å²) in [5.74, 6) is -0.196. The highest BCUT2D eigenvalue weighted by atomic mass is 16.5. The van der Waals surface area contributed by atoms with E-state index in [0.717, 1.165) is 12.8 Å². The second-order valence-electron chi connectivity index (χ2n) is 4.42. The zero-order valence-corrected chi connectivity index (χ0v) is 10.3. The van der Waals surface area contributed by atoms with Crippen molar-refractivity contribution in [2.24, 2.45) is 0 Å². The summed E-state index contributed by atoms with van der Waals surface area (Å²) in [4.78, 5) is 11.1. The zero-order valence-electron chi connectivity index (χ0n) is 10.3. The minimum absolute atomic E-state index is 0.163. The van der Waals surface area contributed by atoms with Crippen molar-refractivity contribution in [1.82, 2.24) is 10.2 Å².